The third-order valence-corrected chi connectivity index (χ3v) is 3.01. The molecule has 1 heterocycles. The summed E-state index contributed by atoms with van der Waals surface area (Å²) in [4.78, 5) is 11.0. The van der Waals surface area contributed by atoms with Crippen molar-refractivity contribution in [2.24, 2.45) is 0 Å². The zero-order valence-electron chi connectivity index (χ0n) is 8.27. The van der Waals surface area contributed by atoms with Crippen molar-refractivity contribution in [2.45, 2.75) is 0 Å². The number of carbonyl (C=O) groups excluding carboxylic acids is 1. The van der Waals surface area contributed by atoms with Crippen LogP contribution in [0.25, 0.3) is 16.2 Å². The van der Waals surface area contributed by atoms with Gasteiger partial charge in [-0.3, -0.25) is 0 Å². The van der Waals surface area contributed by atoms with Gasteiger partial charge in [0, 0.05) is 10.8 Å². The number of esters is 1. The van der Waals surface area contributed by atoms with E-state index in [9.17, 15) is 4.79 Å². The van der Waals surface area contributed by atoms with Gasteiger partial charge in [-0.15, -0.1) is 11.3 Å². The van der Waals surface area contributed by atoms with E-state index in [-0.39, 0.29) is 5.97 Å². The number of fused-ring (bicyclic) bond motifs is 1. The fourth-order valence-corrected chi connectivity index (χ4v) is 2.21. The van der Waals surface area contributed by atoms with Gasteiger partial charge in [0.1, 0.15) is 0 Å². The lowest BCUT2D eigenvalue weighted by Crippen LogP contribution is -1.93. The number of thiophene rings is 1. The van der Waals surface area contributed by atoms with Crippen molar-refractivity contribution in [3.8, 4) is 0 Å². The largest absolute Gasteiger partial charge is 0.466 e. The van der Waals surface area contributed by atoms with E-state index in [2.05, 4.69) is 16.9 Å². The molecule has 0 N–H and O–H groups in total. The normalized spacial score (nSPS) is 11.0. The first-order valence-corrected chi connectivity index (χ1v) is 5.41. The molecule has 1 aromatic carbocycles. The molecule has 76 valence electrons. The van der Waals surface area contributed by atoms with Gasteiger partial charge in [0.25, 0.3) is 0 Å². The summed E-state index contributed by atoms with van der Waals surface area (Å²) in [5, 5.41) is 3.21. The van der Waals surface area contributed by atoms with Crippen LogP contribution in [0.5, 0.6) is 0 Å². The Kier molecular flexibility index (Phi) is 2.83. The van der Waals surface area contributed by atoms with Crippen molar-refractivity contribution in [3.63, 3.8) is 0 Å². The highest BCUT2D eigenvalue weighted by molar-refractivity contribution is 7.17. The Morgan fingerprint density at radius 1 is 1.40 bits per heavy atom. The van der Waals surface area contributed by atoms with Gasteiger partial charge in [-0.25, -0.2) is 4.79 Å². The predicted molar refractivity (Wildman–Crippen MR) is 62.9 cm³/mol. The van der Waals surface area contributed by atoms with Gasteiger partial charge >= 0.3 is 5.97 Å². The molecular weight excluding hydrogens is 208 g/mol. The first kappa shape index (κ1) is 9.93. The van der Waals surface area contributed by atoms with Crippen LogP contribution in [0.3, 0.4) is 0 Å². The first-order valence-electron chi connectivity index (χ1n) is 4.53. The van der Waals surface area contributed by atoms with Crippen LogP contribution in [0.15, 0.2) is 35.7 Å². The fraction of sp³-hybridized carbons (Fsp3) is 0.0833. The van der Waals surface area contributed by atoms with Crippen molar-refractivity contribution in [1.29, 1.82) is 0 Å². The van der Waals surface area contributed by atoms with Gasteiger partial charge < -0.3 is 4.74 Å². The molecule has 2 aromatic rings. The van der Waals surface area contributed by atoms with Gasteiger partial charge in [-0.05, 0) is 34.5 Å². The number of hydrogen-bond donors (Lipinski definition) is 0. The Hall–Kier alpha value is -1.61. The third kappa shape index (κ3) is 2.07. The van der Waals surface area contributed by atoms with Crippen molar-refractivity contribution in [1.82, 2.24) is 0 Å². The average molecular weight is 218 g/mol. The summed E-state index contributed by atoms with van der Waals surface area (Å²) >= 11 is 1.69. The summed E-state index contributed by atoms with van der Waals surface area (Å²) in [6, 6.07) is 8.08. The van der Waals surface area contributed by atoms with Crippen molar-refractivity contribution in [2.75, 3.05) is 7.11 Å². The molecule has 0 bridgehead atoms. The number of ether oxygens (including phenoxy) is 1. The van der Waals surface area contributed by atoms with E-state index in [1.165, 1.54) is 23.3 Å². The second kappa shape index (κ2) is 4.28. The molecule has 0 aliphatic carbocycles. The van der Waals surface area contributed by atoms with E-state index in [4.69, 9.17) is 0 Å². The molecule has 0 amide bonds. The molecule has 0 fully saturated rings. The first-order chi connectivity index (χ1) is 7.31. The minimum absolute atomic E-state index is 0.331. The van der Waals surface area contributed by atoms with Crippen molar-refractivity contribution < 1.29 is 9.53 Å². The van der Waals surface area contributed by atoms with Gasteiger partial charge in [-0.1, -0.05) is 12.1 Å². The van der Waals surface area contributed by atoms with E-state index in [1.54, 1.807) is 17.4 Å². The molecule has 0 aliphatic heterocycles. The van der Waals surface area contributed by atoms with Crippen molar-refractivity contribution >= 4 is 33.5 Å². The Morgan fingerprint density at radius 3 is 3.07 bits per heavy atom. The van der Waals surface area contributed by atoms with E-state index < -0.39 is 0 Å². The lowest BCUT2D eigenvalue weighted by molar-refractivity contribution is -0.134. The molecule has 0 aliphatic rings. The maximum absolute atomic E-state index is 11.0. The summed E-state index contributed by atoms with van der Waals surface area (Å²) in [5.74, 6) is -0.331. The average Bonchev–Trinajstić information content (AvgIpc) is 2.74. The number of hydrogen-bond acceptors (Lipinski definition) is 3. The number of benzene rings is 1. The van der Waals surface area contributed by atoms with Crippen LogP contribution in [0.1, 0.15) is 5.56 Å². The molecule has 0 saturated heterocycles. The summed E-state index contributed by atoms with van der Waals surface area (Å²) in [6.07, 6.45) is 3.22. The molecule has 1 aromatic heterocycles. The molecule has 0 saturated carbocycles. The Morgan fingerprint density at radius 2 is 2.27 bits per heavy atom. The maximum atomic E-state index is 11.0. The summed E-state index contributed by atoms with van der Waals surface area (Å²) in [5.41, 5.74) is 1.04. The minimum Gasteiger partial charge on any atom is -0.466 e. The smallest absolute Gasteiger partial charge is 0.330 e. The van der Waals surface area contributed by atoms with Crippen LogP contribution in [0.4, 0.5) is 0 Å². The topological polar surface area (TPSA) is 26.3 Å². The summed E-state index contributed by atoms with van der Waals surface area (Å²) < 4.78 is 5.77. The van der Waals surface area contributed by atoms with Crippen LogP contribution < -0.4 is 0 Å². The summed E-state index contributed by atoms with van der Waals surface area (Å²) in [7, 11) is 1.37. The molecule has 2 nitrogen and oxygen atoms in total. The molecular formula is C12H10O2S. The molecule has 15 heavy (non-hydrogen) atoms. The Labute approximate surface area is 91.8 Å². The zero-order valence-corrected chi connectivity index (χ0v) is 9.08. The molecule has 0 spiro atoms. The zero-order chi connectivity index (χ0) is 10.7. The third-order valence-electron chi connectivity index (χ3n) is 2.13. The lowest BCUT2D eigenvalue weighted by atomic mass is 10.1. The maximum Gasteiger partial charge on any atom is 0.330 e. The highest BCUT2D eigenvalue weighted by atomic mass is 32.1. The molecule has 0 radical (unpaired) electrons. The number of rotatable bonds is 2. The van der Waals surface area contributed by atoms with Gasteiger partial charge in [0.15, 0.2) is 0 Å². The molecule has 0 atom stereocenters. The number of carbonyl (C=O) groups is 1. The number of methoxy groups -OCH3 is 1. The minimum atomic E-state index is -0.331. The predicted octanol–water partition coefficient (Wildman–Crippen LogP) is 3.09. The standard InChI is InChI=1S/C12H10O2S/c1-14-12(13)6-5-9-3-2-4-11-10(9)7-8-15-11/h2-8H,1H3. The van der Waals surface area contributed by atoms with Crippen LogP contribution in [-0.2, 0) is 9.53 Å². The highest BCUT2D eigenvalue weighted by Gasteiger charge is 1.99. The Balaban J connectivity index is 2.39. The van der Waals surface area contributed by atoms with E-state index in [0.717, 1.165) is 5.56 Å². The van der Waals surface area contributed by atoms with Gasteiger partial charge in [0.05, 0.1) is 7.11 Å². The molecule has 3 heteroatoms. The van der Waals surface area contributed by atoms with Gasteiger partial charge in [-0.2, -0.15) is 0 Å². The van der Waals surface area contributed by atoms with Gasteiger partial charge in [0.2, 0.25) is 0 Å². The molecule has 2 rings (SSSR count). The quantitative estimate of drug-likeness (QED) is 0.572. The fourth-order valence-electron chi connectivity index (χ4n) is 1.39. The van der Waals surface area contributed by atoms with E-state index in [0.29, 0.717) is 0 Å². The van der Waals surface area contributed by atoms with Crippen LogP contribution >= 0.6 is 11.3 Å². The van der Waals surface area contributed by atoms with E-state index in [1.807, 2.05) is 17.5 Å². The van der Waals surface area contributed by atoms with Crippen LogP contribution in [0, 0.1) is 0 Å². The lowest BCUT2D eigenvalue weighted by Gasteiger charge is -1.95. The SMILES string of the molecule is COC(=O)C=Cc1cccc2sccc12. The second-order valence-corrected chi connectivity index (χ2v) is 3.98. The highest BCUT2D eigenvalue weighted by Crippen LogP contribution is 2.24. The monoisotopic (exact) mass is 218 g/mol. The van der Waals surface area contributed by atoms with Crippen LogP contribution in [-0.4, -0.2) is 13.1 Å². The Bertz CT molecular complexity index is 511. The second-order valence-electron chi connectivity index (χ2n) is 3.04. The van der Waals surface area contributed by atoms with E-state index >= 15 is 0 Å². The van der Waals surface area contributed by atoms with Crippen LogP contribution in [0.2, 0.25) is 0 Å². The molecule has 0 unspecified atom stereocenters. The summed E-state index contributed by atoms with van der Waals surface area (Å²) in [6.45, 7) is 0. The van der Waals surface area contributed by atoms with Crippen molar-refractivity contribution in [3.05, 3.63) is 41.3 Å².